The highest BCUT2D eigenvalue weighted by Crippen LogP contribution is 2.39. The van der Waals surface area contributed by atoms with Crippen LogP contribution in [0.3, 0.4) is 0 Å². The van der Waals surface area contributed by atoms with Crippen molar-refractivity contribution in [3.05, 3.63) is 35.9 Å². The molecule has 1 amide bonds. The van der Waals surface area contributed by atoms with Gasteiger partial charge in [-0.1, -0.05) is 0 Å². The number of rotatable bonds is 10. The number of aromatic nitrogens is 4. The number of methoxy groups -OCH3 is 1. The van der Waals surface area contributed by atoms with Gasteiger partial charge in [0.05, 0.1) is 37.8 Å². The Morgan fingerprint density at radius 3 is 2.50 bits per heavy atom. The molecule has 1 aromatic carbocycles. The number of sulfonamides is 1. The molecule has 2 atom stereocenters. The van der Waals surface area contributed by atoms with E-state index in [1.165, 1.54) is 10.6 Å². The molecule has 1 saturated carbocycles. The summed E-state index contributed by atoms with van der Waals surface area (Å²) in [4.78, 5) is 25.8. The van der Waals surface area contributed by atoms with Gasteiger partial charge in [-0.05, 0) is 75.8 Å². The molecule has 3 aromatic heterocycles. The number of ether oxygens (including phenoxy) is 2. The predicted molar refractivity (Wildman–Crippen MR) is 178 cm³/mol. The van der Waals surface area contributed by atoms with Crippen LogP contribution in [0.1, 0.15) is 49.9 Å². The molecule has 3 aliphatic rings. The first kappa shape index (κ1) is 30.9. The Labute approximate surface area is 269 Å². The van der Waals surface area contributed by atoms with Crippen molar-refractivity contribution in [2.75, 3.05) is 44.0 Å². The van der Waals surface area contributed by atoms with Crippen molar-refractivity contribution in [1.29, 1.82) is 0 Å². The molecule has 2 saturated heterocycles. The standard InChI is InChI=1S/C33H43N7O5S/c1-5-40(46(4,42)43)29-11-10-23-14-27(38(31(23)36-29)16-21-8-9-21)32-35-26-13-24(33(41)37-12-6-7-25(34)20(37)2)15-28(44-3)30(26)39(32)17-22-18-45-19-22/h10-11,13-15,20-22,25H,5-9,12,16-19,34H2,1-4H3/t20-,25-/m1/s1. The summed E-state index contributed by atoms with van der Waals surface area (Å²) in [5.41, 5.74) is 10.00. The van der Waals surface area contributed by atoms with Gasteiger partial charge in [-0.15, -0.1) is 0 Å². The zero-order valence-corrected chi connectivity index (χ0v) is 27.8. The zero-order valence-electron chi connectivity index (χ0n) is 27.0. The monoisotopic (exact) mass is 649 g/mol. The number of piperidine rings is 1. The summed E-state index contributed by atoms with van der Waals surface area (Å²) in [5.74, 6) is 2.51. The van der Waals surface area contributed by atoms with Crippen LogP contribution >= 0.6 is 0 Å². The van der Waals surface area contributed by atoms with Crippen molar-refractivity contribution >= 4 is 43.8 Å². The van der Waals surface area contributed by atoms with Crippen LogP contribution in [0.4, 0.5) is 5.82 Å². The van der Waals surface area contributed by atoms with Crippen molar-refractivity contribution in [2.24, 2.45) is 17.6 Å². The predicted octanol–water partition coefficient (Wildman–Crippen LogP) is 3.86. The molecular formula is C33H43N7O5S. The number of anilines is 1. The van der Waals surface area contributed by atoms with E-state index in [0.717, 1.165) is 60.3 Å². The topological polar surface area (TPSA) is 138 Å². The van der Waals surface area contributed by atoms with Gasteiger partial charge in [-0.2, -0.15) is 0 Å². The number of nitrogens with two attached hydrogens (primary N) is 1. The summed E-state index contributed by atoms with van der Waals surface area (Å²) in [7, 11) is -1.86. The molecular weight excluding hydrogens is 606 g/mol. The molecule has 2 N–H and O–H groups in total. The van der Waals surface area contributed by atoms with Crippen molar-refractivity contribution in [1.82, 2.24) is 24.0 Å². The second-order valence-electron chi connectivity index (χ2n) is 13.1. The highest BCUT2D eigenvalue weighted by atomic mass is 32.2. The van der Waals surface area contributed by atoms with Gasteiger partial charge in [0.1, 0.15) is 22.7 Å². The average molecular weight is 650 g/mol. The van der Waals surface area contributed by atoms with E-state index in [2.05, 4.69) is 15.2 Å². The molecule has 3 fully saturated rings. The fourth-order valence-electron chi connectivity index (χ4n) is 6.91. The molecule has 2 aliphatic heterocycles. The van der Waals surface area contributed by atoms with E-state index >= 15 is 0 Å². The highest BCUT2D eigenvalue weighted by Gasteiger charge is 2.32. The van der Waals surface area contributed by atoms with E-state index in [4.69, 9.17) is 25.2 Å². The number of carbonyl (C=O) groups excluding carboxylic acids is 1. The van der Waals surface area contributed by atoms with Crippen LogP contribution in [0.5, 0.6) is 5.75 Å². The van der Waals surface area contributed by atoms with Gasteiger partial charge in [-0.3, -0.25) is 9.10 Å². The van der Waals surface area contributed by atoms with Crippen molar-refractivity contribution < 1.29 is 22.7 Å². The SMILES string of the molecule is CCN(c1ccc2cc(-c3nc4cc(C(=O)N5CCC[C@@H](N)[C@H]5C)cc(OC)c4n3CC3COC3)n(CC3CC3)c2n1)S(C)(=O)=O. The van der Waals surface area contributed by atoms with Gasteiger partial charge >= 0.3 is 0 Å². The van der Waals surface area contributed by atoms with Crippen LogP contribution in [0.25, 0.3) is 33.6 Å². The largest absolute Gasteiger partial charge is 0.494 e. The molecule has 1 aliphatic carbocycles. The number of nitrogens with zero attached hydrogens (tertiary/aromatic N) is 6. The molecule has 0 bridgehead atoms. The Morgan fingerprint density at radius 1 is 1.09 bits per heavy atom. The second kappa shape index (κ2) is 11.8. The van der Waals surface area contributed by atoms with E-state index in [9.17, 15) is 13.2 Å². The Hall–Kier alpha value is -3.68. The lowest BCUT2D eigenvalue weighted by molar-refractivity contribution is -0.0387. The van der Waals surface area contributed by atoms with Crippen molar-refractivity contribution in [3.63, 3.8) is 0 Å². The number of hydrogen-bond donors (Lipinski definition) is 1. The number of imidazole rings is 1. The van der Waals surface area contributed by atoms with Crippen LogP contribution in [-0.2, 0) is 27.8 Å². The van der Waals surface area contributed by atoms with Gasteiger partial charge in [0.2, 0.25) is 10.0 Å². The maximum Gasteiger partial charge on any atom is 0.254 e. The Balaban J connectivity index is 1.40. The quantitative estimate of drug-likeness (QED) is 0.274. The number of benzene rings is 1. The fraction of sp³-hybridized carbons (Fsp3) is 0.545. The summed E-state index contributed by atoms with van der Waals surface area (Å²) in [5, 5.41) is 0.910. The van der Waals surface area contributed by atoms with Crippen LogP contribution in [0, 0.1) is 11.8 Å². The van der Waals surface area contributed by atoms with E-state index in [1.807, 2.05) is 30.0 Å². The van der Waals surface area contributed by atoms with E-state index in [-0.39, 0.29) is 24.5 Å². The van der Waals surface area contributed by atoms with Crippen LogP contribution in [0.2, 0.25) is 0 Å². The van der Waals surface area contributed by atoms with E-state index in [0.29, 0.717) is 60.8 Å². The Kier molecular flexibility index (Phi) is 7.97. The maximum absolute atomic E-state index is 13.8. The number of carbonyl (C=O) groups is 1. The van der Waals surface area contributed by atoms with Crippen LogP contribution < -0.4 is 14.8 Å². The maximum atomic E-state index is 13.8. The fourth-order valence-corrected chi connectivity index (χ4v) is 7.82. The van der Waals surface area contributed by atoms with Crippen LogP contribution in [-0.4, -0.2) is 90.1 Å². The minimum atomic E-state index is -3.49. The first-order valence-electron chi connectivity index (χ1n) is 16.3. The third-order valence-corrected chi connectivity index (χ3v) is 11.0. The average Bonchev–Trinajstić information content (AvgIpc) is 3.65. The summed E-state index contributed by atoms with van der Waals surface area (Å²) < 4.78 is 42.3. The van der Waals surface area contributed by atoms with E-state index < -0.39 is 10.0 Å². The molecule has 0 unspecified atom stereocenters. The van der Waals surface area contributed by atoms with Gasteiger partial charge < -0.3 is 29.2 Å². The minimum Gasteiger partial charge on any atom is -0.494 e. The first-order valence-corrected chi connectivity index (χ1v) is 18.1. The lowest BCUT2D eigenvalue weighted by Gasteiger charge is -2.37. The molecule has 0 radical (unpaired) electrons. The summed E-state index contributed by atoms with van der Waals surface area (Å²) >= 11 is 0. The van der Waals surface area contributed by atoms with Crippen molar-refractivity contribution in [2.45, 2.75) is 64.7 Å². The van der Waals surface area contributed by atoms with Gasteiger partial charge in [0, 0.05) is 55.1 Å². The zero-order chi connectivity index (χ0) is 32.3. The Morgan fingerprint density at radius 2 is 1.85 bits per heavy atom. The molecule has 0 spiro atoms. The molecule has 13 heteroatoms. The lowest BCUT2D eigenvalue weighted by Crippen LogP contribution is -2.52. The van der Waals surface area contributed by atoms with Crippen molar-refractivity contribution in [3.8, 4) is 17.3 Å². The third-order valence-electron chi connectivity index (χ3n) is 9.77. The van der Waals surface area contributed by atoms with Gasteiger partial charge in [0.15, 0.2) is 5.82 Å². The smallest absolute Gasteiger partial charge is 0.254 e. The van der Waals surface area contributed by atoms with Crippen LogP contribution in [0.15, 0.2) is 30.3 Å². The number of pyridine rings is 1. The summed E-state index contributed by atoms with van der Waals surface area (Å²) in [6.45, 7) is 7.54. The number of amides is 1. The molecule has 4 aromatic rings. The van der Waals surface area contributed by atoms with Gasteiger partial charge in [-0.25, -0.2) is 18.4 Å². The number of hydrogen-bond acceptors (Lipinski definition) is 8. The first-order chi connectivity index (χ1) is 22.1. The summed E-state index contributed by atoms with van der Waals surface area (Å²) in [6.07, 6.45) is 5.26. The van der Waals surface area contributed by atoms with Gasteiger partial charge in [0.25, 0.3) is 5.91 Å². The summed E-state index contributed by atoms with van der Waals surface area (Å²) in [6, 6.07) is 9.39. The Bertz CT molecular complexity index is 1910. The molecule has 246 valence electrons. The third kappa shape index (κ3) is 5.51. The number of fused-ring (bicyclic) bond motifs is 2. The molecule has 7 rings (SSSR count). The number of likely N-dealkylation sites (tertiary alicyclic amines) is 1. The molecule has 5 heterocycles. The minimum absolute atomic E-state index is 0.0526. The highest BCUT2D eigenvalue weighted by molar-refractivity contribution is 7.92. The molecule has 12 nitrogen and oxygen atoms in total. The van der Waals surface area contributed by atoms with E-state index in [1.54, 1.807) is 20.1 Å². The lowest BCUT2D eigenvalue weighted by atomic mass is 9.97. The second-order valence-corrected chi connectivity index (χ2v) is 15.0. The normalized spacial score (nSPS) is 20.8. The molecule has 46 heavy (non-hydrogen) atoms.